The number of pyridine rings is 1. The molecule has 0 bridgehead atoms. The summed E-state index contributed by atoms with van der Waals surface area (Å²) in [5.41, 5.74) is 7.21. The van der Waals surface area contributed by atoms with Crippen molar-refractivity contribution in [3.8, 4) is 0 Å². The molecule has 0 aromatic carbocycles. The minimum atomic E-state index is -0.0668. The second kappa shape index (κ2) is 7.12. The van der Waals surface area contributed by atoms with Crippen LogP contribution in [-0.4, -0.2) is 17.4 Å². The zero-order valence-electron chi connectivity index (χ0n) is 12.4. The molecular weight excluding hydrogens is 238 g/mol. The van der Waals surface area contributed by atoms with Gasteiger partial charge in [0.25, 0.3) is 5.91 Å². The fourth-order valence-electron chi connectivity index (χ4n) is 1.92. The molecule has 0 fully saturated rings. The molecule has 0 spiro atoms. The number of nitrogens with one attached hydrogen (secondary N) is 1. The lowest BCUT2D eigenvalue weighted by atomic mass is 10.0. The Morgan fingerprint density at radius 3 is 2.47 bits per heavy atom. The molecule has 0 aliphatic carbocycles. The topological polar surface area (TPSA) is 68.0 Å². The van der Waals surface area contributed by atoms with E-state index in [1.54, 1.807) is 6.07 Å². The summed E-state index contributed by atoms with van der Waals surface area (Å²) in [6.45, 7) is 9.07. The van der Waals surface area contributed by atoms with E-state index in [9.17, 15) is 4.79 Å². The van der Waals surface area contributed by atoms with E-state index in [0.717, 1.165) is 18.5 Å². The van der Waals surface area contributed by atoms with Gasteiger partial charge < -0.3 is 11.1 Å². The van der Waals surface area contributed by atoms with Crippen molar-refractivity contribution < 1.29 is 4.79 Å². The third-order valence-corrected chi connectivity index (χ3v) is 3.42. The molecule has 4 nitrogen and oxygen atoms in total. The molecule has 0 aliphatic heterocycles. The highest BCUT2D eigenvalue weighted by molar-refractivity contribution is 5.94. The van der Waals surface area contributed by atoms with Crippen LogP contribution >= 0.6 is 0 Å². The standard InChI is InChI=1S/C15H25N3O/c1-5-11(6-2)9-17-15(19)12-7-13(10(3)4)18-14(16)8-12/h7-8,10-11H,5-6,9H2,1-4H3,(H2,16,18)(H,17,19). The van der Waals surface area contributed by atoms with Gasteiger partial charge in [0, 0.05) is 17.8 Å². The molecule has 1 amide bonds. The van der Waals surface area contributed by atoms with E-state index in [0.29, 0.717) is 23.8 Å². The van der Waals surface area contributed by atoms with E-state index >= 15 is 0 Å². The minimum Gasteiger partial charge on any atom is -0.384 e. The molecule has 4 heteroatoms. The van der Waals surface area contributed by atoms with Crippen LogP contribution < -0.4 is 11.1 Å². The molecular formula is C15H25N3O. The number of nitrogen functional groups attached to an aromatic ring is 1. The predicted molar refractivity (Wildman–Crippen MR) is 79.1 cm³/mol. The summed E-state index contributed by atoms with van der Waals surface area (Å²) in [5, 5.41) is 2.97. The van der Waals surface area contributed by atoms with Gasteiger partial charge in [-0.25, -0.2) is 4.98 Å². The monoisotopic (exact) mass is 263 g/mol. The van der Waals surface area contributed by atoms with Crippen molar-refractivity contribution in [2.75, 3.05) is 12.3 Å². The molecule has 0 saturated carbocycles. The number of amides is 1. The van der Waals surface area contributed by atoms with Gasteiger partial charge in [-0.1, -0.05) is 40.5 Å². The van der Waals surface area contributed by atoms with Crippen molar-refractivity contribution in [1.29, 1.82) is 0 Å². The Labute approximate surface area is 115 Å². The lowest BCUT2D eigenvalue weighted by Gasteiger charge is -2.14. The Morgan fingerprint density at radius 1 is 1.32 bits per heavy atom. The Kier molecular flexibility index (Phi) is 5.80. The number of rotatable bonds is 6. The van der Waals surface area contributed by atoms with Crippen molar-refractivity contribution in [3.05, 3.63) is 23.4 Å². The van der Waals surface area contributed by atoms with Gasteiger partial charge in [-0.15, -0.1) is 0 Å². The molecule has 0 atom stereocenters. The van der Waals surface area contributed by atoms with Gasteiger partial charge in [0.15, 0.2) is 0 Å². The van der Waals surface area contributed by atoms with Gasteiger partial charge in [-0.2, -0.15) is 0 Å². The van der Waals surface area contributed by atoms with Crippen LogP contribution in [0.1, 0.15) is 62.5 Å². The summed E-state index contributed by atoms with van der Waals surface area (Å²) in [5.74, 6) is 1.13. The molecule has 0 unspecified atom stereocenters. The summed E-state index contributed by atoms with van der Waals surface area (Å²) in [6, 6.07) is 3.46. The maximum Gasteiger partial charge on any atom is 0.251 e. The number of aromatic nitrogens is 1. The average molecular weight is 263 g/mol. The molecule has 0 aliphatic rings. The number of nitrogens with two attached hydrogens (primary N) is 1. The van der Waals surface area contributed by atoms with Crippen LogP contribution in [0.2, 0.25) is 0 Å². The number of nitrogens with zero attached hydrogens (tertiary/aromatic N) is 1. The van der Waals surface area contributed by atoms with Crippen molar-refractivity contribution in [2.45, 2.75) is 46.5 Å². The Balaban J connectivity index is 2.76. The highest BCUT2D eigenvalue weighted by atomic mass is 16.1. The Hall–Kier alpha value is -1.58. The van der Waals surface area contributed by atoms with E-state index in [1.165, 1.54) is 0 Å². The lowest BCUT2D eigenvalue weighted by molar-refractivity contribution is 0.0946. The van der Waals surface area contributed by atoms with Crippen molar-refractivity contribution in [2.24, 2.45) is 5.92 Å². The van der Waals surface area contributed by atoms with Crippen LogP contribution in [0.15, 0.2) is 12.1 Å². The van der Waals surface area contributed by atoms with E-state index in [-0.39, 0.29) is 11.8 Å². The van der Waals surface area contributed by atoms with Crippen molar-refractivity contribution >= 4 is 11.7 Å². The second-order valence-corrected chi connectivity index (χ2v) is 5.25. The van der Waals surface area contributed by atoms with Crippen LogP contribution in [0, 0.1) is 5.92 Å². The van der Waals surface area contributed by atoms with E-state index in [1.807, 2.05) is 19.9 Å². The maximum absolute atomic E-state index is 12.1. The maximum atomic E-state index is 12.1. The van der Waals surface area contributed by atoms with Gasteiger partial charge in [0.2, 0.25) is 0 Å². The largest absolute Gasteiger partial charge is 0.384 e. The smallest absolute Gasteiger partial charge is 0.251 e. The first kappa shape index (κ1) is 15.5. The highest BCUT2D eigenvalue weighted by Crippen LogP contribution is 2.16. The quantitative estimate of drug-likeness (QED) is 0.829. The number of carbonyl (C=O) groups is 1. The van der Waals surface area contributed by atoms with Gasteiger partial charge >= 0.3 is 0 Å². The van der Waals surface area contributed by atoms with Crippen molar-refractivity contribution in [3.63, 3.8) is 0 Å². The number of hydrogen-bond acceptors (Lipinski definition) is 3. The van der Waals surface area contributed by atoms with Crippen LogP contribution in [0.4, 0.5) is 5.82 Å². The molecule has 19 heavy (non-hydrogen) atoms. The van der Waals surface area contributed by atoms with Crippen LogP contribution in [0.5, 0.6) is 0 Å². The first-order chi connectivity index (χ1) is 8.97. The molecule has 0 radical (unpaired) electrons. The normalized spacial score (nSPS) is 11.1. The first-order valence-electron chi connectivity index (χ1n) is 7.03. The van der Waals surface area contributed by atoms with Crippen LogP contribution in [0.25, 0.3) is 0 Å². The first-order valence-corrected chi connectivity index (χ1v) is 7.03. The summed E-state index contributed by atoms with van der Waals surface area (Å²) in [4.78, 5) is 16.4. The summed E-state index contributed by atoms with van der Waals surface area (Å²) in [6.07, 6.45) is 2.15. The zero-order chi connectivity index (χ0) is 14.4. The molecule has 1 aromatic rings. The molecule has 1 rings (SSSR count). The highest BCUT2D eigenvalue weighted by Gasteiger charge is 2.12. The Bertz CT molecular complexity index is 425. The minimum absolute atomic E-state index is 0.0668. The number of carbonyl (C=O) groups excluding carboxylic acids is 1. The molecule has 1 aromatic heterocycles. The fourth-order valence-corrected chi connectivity index (χ4v) is 1.92. The Morgan fingerprint density at radius 2 is 1.95 bits per heavy atom. The number of hydrogen-bond donors (Lipinski definition) is 2. The molecule has 0 saturated heterocycles. The summed E-state index contributed by atoms with van der Waals surface area (Å²) in [7, 11) is 0. The second-order valence-electron chi connectivity index (χ2n) is 5.25. The lowest BCUT2D eigenvalue weighted by Crippen LogP contribution is -2.29. The van der Waals surface area contributed by atoms with Gasteiger partial charge in [0.05, 0.1) is 0 Å². The SMILES string of the molecule is CCC(CC)CNC(=O)c1cc(N)nc(C(C)C)c1. The van der Waals surface area contributed by atoms with Gasteiger partial charge in [-0.05, 0) is 24.0 Å². The fraction of sp³-hybridized carbons (Fsp3) is 0.600. The zero-order valence-corrected chi connectivity index (χ0v) is 12.4. The molecule has 1 heterocycles. The third kappa shape index (κ3) is 4.54. The third-order valence-electron chi connectivity index (χ3n) is 3.42. The van der Waals surface area contributed by atoms with Crippen LogP contribution in [-0.2, 0) is 0 Å². The van der Waals surface area contributed by atoms with Gasteiger partial charge in [-0.3, -0.25) is 4.79 Å². The predicted octanol–water partition coefficient (Wildman–Crippen LogP) is 2.95. The van der Waals surface area contributed by atoms with Crippen molar-refractivity contribution in [1.82, 2.24) is 10.3 Å². The molecule has 106 valence electrons. The summed E-state index contributed by atoms with van der Waals surface area (Å²) >= 11 is 0. The molecule has 3 N–H and O–H groups in total. The van der Waals surface area contributed by atoms with E-state index < -0.39 is 0 Å². The van der Waals surface area contributed by atoms with E-state index in [2.05, 4.69) is 24.1 Å². The summed E-state index contributed by atoms with van der Waals surface area (Å²) < 4.78 is 0. The van der Waals surface area contributed by atoms with E-state index in [4.69, 9.17) is 5.73 Å². The number of anilines is 1. The van der Waals surface area contributed by atoms with Gasteiger partial charge in [0.1, 0.15) is 5.82 Å². The van der Waals surface area contributed by atoms with Crippen LogP contribution in [0.3, 0.4) is 0 Å². The average Bonchev–Trinajstić information content (AvgIpc) is 2.38.